The van der Waals surface area contributed by atoms with Crippen LogP contribution >= 0.6 is 11.3 Å². The average Bonchev–Trinajstić information content (AvgIpc) is 3.25. The average molecular weight is 444 g/mol. The van der Waals surface area contributed by atoms with Crippen LogP contribution in [0.5, 0.6) is 0 Å². The number of aromatic nitrogens is 2. The molecule has 0 saturated heterocycles. The summed E-state index contributed by atoms with van der Waals surface area (Å²) in [6, 6.07) is 16.9. The molecule has 1 N–H and O–H groups in total. The third-order valence-electron chi connectivity index (χ3n) is 4.68. The van der Waals surface area contributed by atoms with Crippen LogP contribution in [0.15, 0.2) is 64.8 Å². The van der Waals surface area contributed by atoms with Crippen molar-refractivity contribution in [2.45, 2.75) is 6.92 Å². The summed E-state index contributed by atoms with van der Waals surface area (Å²) in [6.45, 7) is 1.25. The second kappa shape index (κ2) is 8.83. The molecule has 0 fully saturated rings. The lowest BCUT2D eigenvalue weighted by Gasteiger charge is -2.11. The molecule has 4 aromatic rings. The first-order chi connectivity index (χ1) is 15.5. The number of nitrogens with zero attached hydrogens (tertiary/aromatic N) is 3. The number of nitrogens with one attached hydrogen (secondary N) is 1. The van der Waals surface area contributed by atoms with Crippen LogP contribution < -0.4 is 10.9 Å². The molecule has 4 rings (SSSR count). The highest BCUT2D eigenvalue weighted by molar-refractivity contribution is 7.14. The van der Waals surface area contributed by atoms with E-state index in [0.29, 0.717) is 33.0 Å². The molecule has 0 radical (unpaired) electrons. The van der Waals surface area contributed by atoms with E-state index in [-0.39, 0.29) is 11.1 Å². The lowest BCUT2D eigenvalue weighted by molar-refractivity contribution is -0.119. The molecule has 158 valence electrons. The number of benzene rings is 2. The van der Waals surface area contributed by atoms with Crippen molar-refractivity contribution in [3.63, 3.8) is 0 Å². The second-order valence-electron chi connectivity index (χ2n) is 6.76. The van der Waals surface area contributed by atoms with Gasteiger partial charge in [-0.1, -0.05) is 12.1 Å². The highest BCUT2D eigenvalue weighted by atomic mass is 32.1. The van der Waals surface area contributed by atoms with Crippen LogP contribution in [0, 0.1) is 18.3 Å². The summed E-state index contributed by atoms with van der Waals surface area (Å²) >= 11 is 1.21. The number of fused-ring (bicyclic) bond motifs is 1. The Morgan fingerprint density at radius 1 is 1.16 bits per heavy atom. The first-order valence-corrected chi connectivity index (χ1v) is 10.4. The number of carbonyl (C=O) groups is 2. The molecule has 2 aromatic heterocycles. The standard InChI is InChI=1S/C23H16N4O4S/c1-14-25-19-5-3-2-4-18(19)22(29)27(14)17-8-6-15(7-9-17)23(30)31-13-20(28)26-21-16(12-24)10-11-32-21/h2-11H,13H2,1H3,(H,26,28). The molecule has 2 aromatic carbocycles. The molecule has 2 heterocycles. The number of amides is 1. The Bertz CT molecular complexity index is 1430. The summed E-state index contributed by atoms with van der Waals surface area (Å²) in [5.74, 6) is -0.705. The molecular formula is C23H16N4O4S. The number of esters is 1. The van der Waals surface area contributed by atoms with E-state index in [1.165, 1.54) is 28.0 Å². The number of thiophene rings is 1. The summed E-state index contributed by atoms with van der Waals surface area (Å²) < 4.78 is 6.52. The van der Waals surface area contributed by atoms with E-state index in [1.807, 2.05) is 12.1 Å². The third-order valence-corrected chi connectivity index (χ3v) is 5.51. The van der Waals surface area contributed by atoms with Crippen LogP contribution in [0.3, 0.4) is 0 Å². The van der Waals surface area contributed by atoms with Gasteiger partial charge in [-0.05, 0) is 54.8 Å². The van der Waals surface area contributed by atoms with Crippen molar-refractivity contribution in [3.05, 3.63) is 87.3 Å². The predicted molar refractivity (Wildman–Crippen MR) is 120 cm³/mol. The fraction of sp³-hybridized carbons (Fsp3) is 0.0870. The zero-order valence-electron chi connectivity index (χ0n) is 16.9. The molecular weight excluding hydrogens is 428 g/mol. The van der Waals surface area contributed by atoms with Gasteiger partial charge in [0.2, 0.25) is 0 Å². The summed E-state index contributed by atoms with van der Waals surface area (Å²) in [7, 11) is 0. The van der Waals surface area contributed by atoms with Crippen molar-refractivity contribution in [1.29, 1.82) is 5.26 Å². The van der Waals surface area contributed by atoms with E-state index in [4.69, 9.17) is 10.00 Å². The molecule has 1 amide bonds. The van der Waals surface area contributed by atoms with Crippen molar-refractivity contribution >= 4 is 39.1 Å². The molecule has 0 saturated carbocycles. The van der Waals surface area contributed by atoms with Gasteiger partial charge in [0.15, 0.2) is 6.61 Å². The van der Waals surface area contributed by atoms with Crippen LogP contribution in [-0.2, 0) is 9.53 Å². The molecule has 32 heavy (non-hydrogen) atoms. The molecule has 0 spiro atoms. The van der Waals surface area contributed by atoms with E-state index in [2.05, 4.69) is 10.3 Å². The van der Waals surface area contributed by atoms with Gasteiger partial charge in [0.1, 0.15) is 16.9 Å². The fourth-order valence-corrected chi connectivity index (χ4v) is 3.92. The molecule has 0 atom stereocenters. The van der Waals surface area contributed by atoms with E-state index in [0.717, 1.165) is 0 Å². The van der Waals surface area contributed by atoms with Gasteiger partial charge in [-0.2, -0.15) is 5.26 Å². The molecule has 0 aliphatic heterocycles. The zero-order valence-corrected chi connectivity index (χ0v) is 17.7. The second-order valence-corrected chi connectivity index (χ2v) is 7.68. The first-order valence-electron chi connectivity index (χ1n) is 9.51. The fourth-order valence-electron chi connectivity index (χ4n) is 3.17. The number of aryl methyl sites for hydroxylation is 1. The number of nitriles is 1. The van der Waals surface area contributed by atoms with Crippen LogP contribution in [0.4, 0.5) is 5.00 Å². The number of carbonyl (C=O) groups excluding carboxylic acids is 2. The van der Waals surface area contributed by atoms with Gasteiger partial charge in [0.25, 0.3) is 11.5 Å². The Morgan fingerprint density at radius 3 is 2.66 bits per heavy atom. The summed E-state index contributed by atoms with van der Waals surface area (Å²) in [5, 5.41) is 14.1. The number of ether oxygens (including phenoxy) is 1. The maximum Gasteiger partial charge on any atom is 0.338 e. The normalized spacial score (nSPS) is 10.5. The SMILES string of the molecule is Cc1nc2ccccc2c(=O)n1-c1ccc(C(=O)OCC(=O)Nc2sccc2C#N)cc1. The van der Waals surface area contributed by atoms with E-state index in [9.17, 15) is 14.4 Å². The van der Waals surface area contributed by atoms with Gasteiger partial charge in [-0.3, -0.25) is 14.2 Å². The van der Waals surface area contributed by atoms with Crippen molar-refractivity contribution in [1.82, 2.24) is 9.55 Å². The van der Waals surface area contributed by atoms with Gasteiger partial charge in [0, 0.05) is 0 Å². The highest BCUT2D eigenvalue weighted by Gasteiger charge is 2.14. The van der Waals surface area contributed by atoms with Gasteiger partial charge in [-0.15, -0.1) is 11.3 Å². The minimum absolute atomic E-state index is 0.203. The number of anilines is 1. The van der Waals surface area contributed by atoms with Gasteiger partial charge in [0.05, 0.1) is 27.7 Å². The van der Waals surface area contributed by atoms with Crippen molar-refractivity contribution in [2.75, 3.05) is 11.9 Å². The van der Waals surface area contributed by atoms with Crippen molar-refractivity contribution < 1.29 is 14.3 Å². The lowest BCUT2D eigenvalue weighted by Crippen LogP contribution is -2.22. The molecule has 0 aliphatic rings. The molecule has 0 bridgehead atoms. The van der Waals surface area contributed by atoms with Crippen LogP contribution in [0.1, 0.15) is 21.7 Å². The molecule has 9 heteroatoms. The Labute approximate surface area is 186 Å². The van der Waals surface area contributed by atoms with Crippen LogP contribution in [0.25, 0.3) is 16.6 Å². The van der Waals surface area contributed by atoms with Gasteiger partial charge < -0.3 is 10.1 Å². The Balaban J connectivity index is 1.46. The predicted octanol–water partition coefficient (Wildman–Crippen LogP) is 3.42. The van der Waals surface area contributed by atoms with E-state index >= 15 is 0 Å². The van der Waals surface area contributed by atoms with Gasteiger partial charge in [-0.25, -0.2) is 9.78 Å². The van der Waals surface area contributed by atoms with Crippen molar-refractivity contribution in [2.24, 2.45) is 0 Å². The summed E-state index contributed by atoms with van der Waals surface area (Å²) in [4.78, 5) is 41.7. The molecule has 0 unspecified atom stereocenters. The van der Waals surface area contributed by atoms with Crippen molar-refractivity contribution in [3.8, 4) is 11.8 Å². The maximum atomic E-state index is 12.9. The first kappa shape index (κ1) is 21.0. The monoisotopic (exact) mass is 444 g/mol. The number of hydrogen-bond acceptors (Lipinski definition) is 7. The molecule has 0 aliphatic carbocycles. The summed E-state index contributed by atoms with van der Waals surface area (Å²) in [5.41, 5.74) is 1.55. The lowest BCUT2D eigenvalue weighted by atomic mass is 10.2. The van der Waals surface area contributed by atoms with Crippen LogP contribution in [-0.4, -0.2) is 28.0 Å². The molecule has 8 nitrogen and oxygen atoms in total. The number of hydrogen-bond donors (Lipinski definition) is 1. The van der Waals surface area contributed by atoms with E-state index < -0.39 is 18.5 Å². The maximum absolute atomic E-state index is 12.9. The zero-order chi connectivity index (χ0) is 22.7. The van der Waals surface area contributed by atoms with Gasteiger partial charge >= 0.3 is 5.97 Å². The summed E-state index contributed by atoms with van der Waals surface area (Å²) in [6.07, 6.45) is 0. The van der Waals surface area contributed by atoms with E-state index in [1.54, 1.807) is 48.7 Å². The third kappa shape index (κ3) is 4.12. The smallest absolute Gasteiger partial charge is 0.338 e. The minimum atomic E-state index is -0.681. The Kier molecular flexibility index (Phi) is 5.79. The Hall–Kier alpha value is -4.29. The Morgan fingerprint density at radius 2 is 1.91 bits per heavy atom. The number of rotatable bonds is 5. The number of para-hydroxylation sites is 1. The highest BCUT2D eigenvalue weighted by Crippen LogP contribution is 2.22. The largest absolute Gasteiger partial charge is 0.452 e. The van der Waals surface area contributed by atoms with Crippen LogP contribution in [0.2, 0.25) is 0 Å². The topological polar surface area (TPSA) is 114 Å². The minimum Gasteiger partial charge on any atom is -0.452 e. The quantitative estimate of drug-likeness (QED) is 0.472.